The van der Waals surface area contributed by atoms with E-state index < -0.39 is 30.0 Å². The van der Waals surface area contributed by atoms with E-state index in [1.54, 1.807) is 0 Å². The molecular weight excluding hydrogens is 416 g/mol. The van der Waals surface area contributed by atoms with Gasteiger partial charge in [0, 0.05) is 12.2 Å². The topological polar surface area (TPSA) is 159 Å². The summed E-state index contributed by atoms with van der Waals surface area (Å²) in [6.07, 6.45) is 5.39. The Morgan fingerprint density at radius 3 is 1.50 bits per heavy atom. The Kier molecular flexibility index (Phi) is 7.01. The van der Waals surface area contributed by atoms with Crippen molar-refractivity contribution in [1.82, 2.24) is 10.6 Å². The van der Waals surface area contributed by atoms with Crippen LogP contribution in [0.2, 0.25) is 0 Å². The maximum atomic E-state index is 12.2. The Labute approximate surface area is 184 Å². The number of aromatic hydroxyl groups is 4. The van der Waals surface area contributed by atoms with Crippen LogP contribution in [0.25, 0.3) is 12.2 Å². The summed E-state index contributed by atoms with van der Waals surface area (Å²) in [5, 5.41) is 53.4. The number of amides is 2. The third-order valence-electron chi connectivity index (χ3n) is 5.12. The van der Waals surface area contributed by atoms with E-state index in [0.29, 0.717) is 24.0 Å². The maximum Gasteiger partial charge on any atom is 0.244 e. The number of carbonyl (C=O) groups is 2. The lowest BCUT2D eigenvalue weighted by atomic mass is 10.1. The van der Waals surface area contributed by atoms with E-state index >= 15 is 0 Å². The fourth-order valence-electron chi connectivity index (χ4n) is 3.39. The molecule has 1 aliphatic carbocycles. The normalized spacial score (nSPS) is 20.6. The molecule has 1 unspecified atom stereocenters. The summed E-state index contributed by atoms with van der Waals surface area (Å²) in [5.41, 5.74) is 1.03. The van der Waals surface area contributed by atoms with Crippen LogP contribution in [0.1, 0.15) is 24.0 Å². The molecule has 1 aliphatic rings. The van der Waals surface area contributed by atoms with Crippen molar-refractivity contribution < 1.29 is 35.1 Å². The van der Waals surface area contributed by atoms with Crippen molar-refractivity contribution in [3.63, 3.8) is 0 Å². The second kappa shape index (κ2) is 9.88. The number of phenolic OH excluding ortho intramolecular Hbond substituents is 4. The van der Waals surface area contributed by atoms with Crippen LogP contribution in [0, 0.1) is 0 Å². The number of aliphatic hydroxyl groups excluding tert-OH is 1. The zero-order valence-corrected chi connectivity index (χ0v) is 17.0. The van der Waals surface area contributed by atoms with E-state index in [2.05, 4.69) is 10.6 Å². The van der Waals surface area contributed by atoms with E-state index in [1.165, 1.54) is 60.7 Å². The molecular formula is C23H24N2O7. The molecule has 9 heteroatoms. The number of phenols is 4. The summed E-state index contributed by atoms with van der Waals surface area (Å²) in [6, 6.07) is 7.21. The molecule has 0 aromatic heterocycles. The van der Waals surface area contributed by atoms with Crippen molar-refractivity contribution in [1.29, 1.82) is 0 Å². The molecule has 1 saturated carbocycles. The Morgan fingerprint density at radius 1 is 0.719 bits per heavy atom. The molecule has 7 N–H and O–H groups in total. The smallest absolute Gasteiger partial charge is 0.244 e. The number of carbonyl (C=O) groups excluding carboxylic acids is 2. The highest BCUT2D eigenvalue weighted by Crippen LogP contribution is 2.26. The van der Waals surface area contributed by atoms with Gasteiger partial charge >= 0.3 is 0 Å². The van der Waals surface area contributed by atoms with Crippen LogP contribution in [0.4, 0.5) is 0 Å². The van der Waals surface area contributed by atoms with E-state index in [1.807, 2.05) is 0 Å². The quantitative estimate of drug-likeness (QED) is 0.264. The Balaban J connectivity index is 1.50. The molecule has 2 aromatic rings. The average Bonchev–Trinajstić information content (AvgIpc) is 3.09. The monoisotopic (exact) mass is 440 g/mol. The molecule has 2 aromatic carbocycles. The van der Waals surface area contributed by atoms with Gasteiger partial charge in [0.25, 0.3) is 0 Å². The summed E-state index contributed by atoms with van der Waals surface area (Å²) in [4.78, 5) is 24.3. The van der Waals surface area contributed by atoms with Gasteiger partial charge in [0.1, 0.15) is 0 Å². The highest BCUT2D eigenvalue weighted by Gasteiger charge is 2.35. The Morgan fingerprint density at radius 2 is 1.12 bits per heavy atom. The van der Waals surface area contributed by atoms with Gasteiger partial charge in [-0.1, -0.05) is 12.1 Å². The van der Waals surface area contributed by atoms with Crippen molar-refractivity contribution >= 4 is 24.0 Å². The summed E-state index contributed by atoms with van der Waals surface area (Å²) >= 11 is 0. The van der Waals surface area contributed by atoms with Crippen LogP contribution >= 0.6 is 0 Å². The van der Waals surface area contributed by atoms with Gasteiger partial charge in [-0.2, -0.15) is 0 Å². The van der Waals surface area contributed by atoms with Gasteiger partial charge in [0.2, 0.25) is 11.8 Å². The summed E-state index contributed by atoms with van der Waals surface area (Å²) in [7, 11) is 0. The molecule has 0 saturated heterocycles. The number of rotatable bonds is 6. The first kappa shape index (κ1) is 22.7. The lowest BCUT2D eigenvalue weighted by molar-refractivity contribution is -0.118. The molecule has 3 rings (SSSR count). The second-order valence-electron chi connectivity index (χ2n) is 7.46. The van der Waals surface area contributed by atoms with Gasteiger partial charge in [-0.25, -0.2) is 0 Å². The lowest BCUT2D eigenvalue weighted by Gasteiger charge is -2.20. The van der Waals surface area contributed by atoms with Crippen LogP contribution in [0.15, 0.2) is 48.6 Å². The molecule has 1 fully saturated rings. The van der Waals surface area contributed by atoms with E-state index in [-0.39, 0.29) is 23.0 Å². The van der Waals surface area contributed by atoms with Crippen LogP contribution in [0.5, 0.6) is 23.0 Å². The molecule has 3 atom stereocenters. The standard InChI is InChI=1S/C23H24N2O7/c26-17-7-1-13(11-19(17)28)3-9-21(30)24-15-5-6-16(23(15)32)25-22(31)10-4-14-2-8-18(27)20(29)12-14/h1-4,7-12,15-16,23,26-29,32H,5-6H2,(H,24,30)(H,25,31)/t15-,16+,23?. The third kappa shape index (κ3) is 5.79. The molecule has 2 amide bonds. The number of hydrogen-bond acceptors (Lipinski definition) is 7. The van der Waals surface area contributed by atoms with Crippen LogP contribution in [-0.4, -0.2) is 55.5 Å². The Bertz CT molecular complexity index is 981. The number of aliphatic hydroxyl groups is 1. The SMILES string of the molecule is O=C(C=Cc1ccc(O)c(O)c1)N[C@H]1CC[C@@H](NC(=O)C=Cc2ccc(O)c(O)c2)C1O. The lowest BCUT2D eigenvalue weighted by Crippen LogP contribution is -2.47. The fraction of sp³-hybridized carbons (Fsp3) is 0.217. The maximum absolute atomic E-state index is 12.2. The highest BCUT2D eigenvalue weighted by molar-refractivity contribution is 5.93. The minimum absolute atomic E-state index is 0.259. The zero-order chi connectivity index (χ0) is 23.3. The van der Waals surface area contributed by atoms with Gasteiger partial charge < -0.3 is 36.2 Å². The molecule has 32 heavy (non-hydrogen) atoms. The van der Waals surface area contributed by atoms with Gasteiger partial charge in [-0.15, -0.1) is 0 Å². The minimum Gasteiger partial charge on any atom is -0.504 e. The fourth-order valence-corrected chi connectivity index (χ4v) is 3.39. The van der Waals surface area contributed by atoms with Crippen LogP contribution in [0.3, 0.4) is 0 Å². The van der Waals surface area contributed by atoms with Crippen molar-refractivity contribution in [3.8, 4) is 23.0 Å². The average molecular weight is 440 g/mol. The van der Waals surface area contributed by atoms with E-state index in [4.69, 9.17) is 0 Å². The molecule has 0 heterocycles. The second-order valence-corrected chi connectivity index (χ2v) is 7.46. The number of hydrogen-bond donors (Lipinski definition) is 7. The van der Waals surface area contributed by atoms with Crippen molar-refractivity contribution in [3.05, 3.63) is 59.7 Å². The van der Waals surface area contributed by atoms with E-state index in [0.717, 1.165) is 0 Å². The molecule has 9 nitrogen and oxygen atoms in total. The first-order valence-electron chi connectivity index (χ1n) is 9.92. The minimum atomic E-state index is -0.972. The Hall–Kier alpha value is -3.98. The van der Waals surface area contributed by atoms with Crippen LogP contribution < -0.4 is 10.6 Å². The van der Waals surface area contributed by atoms with Gasteiger partial charge in [-0.05, 0) is 60.4 Å². The number of benzene rings is 2. The molecule has 0 spiro atoms. The van der Waals surface area contributed by atoms with E-state index in [9.17, 15) is 35.1 Å². The van der Waals surface area contributed by atoms with Crippen molar-refractivity contribution in [2.75, 3.05) is 0 Å². The van der Waals surface area contributed by atoms with Crippen molar-refractivity contribution in [2.24, 2.45) is 0 Å². The highest BCUT2D eigenvalue weighted by atomic mass is 16.3. The van der Waals surface area contributed by atoms with Crippen molar-refractivity contribution in [2.45, 2.75) is 31.0 Å². The van der Waals surface area contributed by atoms with Gasteiger partial charge in [0.05, 0.1) is 18.2 Å². The first-order valence-corrected chi connectivity index (χ1v) is 9.92. The third-order valence-corrected chi connectivity index (χ3v) is 5.12. The largest absolute Gasteiger partial charge is 0.504 e. The van der Waals surface area contributed by atoms with Gasteiger partial charge in [0.15, 0.2) is 23.0 Å². The van der Waals surface area contributed by atoms with Gasteiger partial charge in [-0.3, -0.25) is 9.59 Å². The predicted molar refractivity (Wildman–Crippen MR) is 117 cm³/mol. The van der Waals surface area contributed by atoms with Crippen LogP contribution in [-0.2, 0) is 9.59 Å². The predicted octanol–water partition coefficient (Wildman–Crippen LogP) is 1.36. The summed E-state index contributed by atoms with van der Waals surface area (Å²) in [5.74, 6) is -2.00. The molecule has 0 bridgehead atoms. The zero-order valence-electron chi connectivity index (χ0n) is 17.0. The number of nitrogens with one attached hydrogen (secondary N) is 2. The molecule has 168 valence electrons. The molecule has 0 radical (unpaired) electrons. The summed E-state index contributed by atoms with van der Waals surface area (Å²) < 4.78 is 0. The molecule has 0 aliphatic heterocycles. The first-order chi connectivity index (χ1) is 15.2. The summed E-state index contributed by atoms with van der Waals surface area (Å²) in [6.45, 7) is 0.